The van der Waals surface area contributed by atoms with Crippen molar-refractivity contribution in [3.05, 3.63) is 82.5 Å². The average molecular weight is 567 g/mol. The molecule has 1 aliphatic heterocycles. The van der Waals surface area contributed by atoms with Crippen LogP contribution in [0.2, 0.25) is 0 Å². The number of ether oxygens (including phenoxy) is 1. The van der Waals surface area contributed by atoms with Crippen LogP contribution in [-0.2, 0) is 4.74 Å². The van der Waals surface area contributed by atoms with E-state index in [0.29, 0.717) is 18.5 Å². The van der Waals surface area contributed by atoms with Gasteiger partial charge < -0.3 is 25.3 Å². The standard InChI is InChI=1S/C31H25N5O5.CH4/c37-15-24-23(38)14-25(41-24)36-29-28(31(40)34-16-33-29)22(35-36)9-1-2-12-32-30(39)21-13-19-7-3-5-17-10-11-18-6-4-8-20(21)27(18)26(17)19;/h3-8,10-11,13,16,23-25,37-38H,2,12,14-15H2,(H,32,39)(H,33,34,40);1H4/t23?,24-,25-;/m1./s1/i37D;1T. The maximum absolute atomic E-state index is 13.3. The summed E-state index contributed by atoms with van der Waals surface area (Å²) in [4.78, 5) is 32.7. The van der Waals surface area contributed by atoms with Crippen molar-refractivity contribution in [3.63, 3.8) is 0 Å². The van der Waals surface area contributed by atoms with E-state index in [4.69, 9.17) is 7.54 Å². The fourth-order valence-electron chi connectivity index (χ4n) is 5.71. The van der Waals surface area contributed by atoms with Crippen LogP contribution in [-0.4, -0.2) is 62.7 Å². The number of carbonyl (C=O) groups is 1. The van der Waals surface area contributed by atoms with Crippen molar-refractivity contribution in [3.8, 4) is 11.8 Å². The molecule has 0 saturated carbocycles. The summed E-state index contributed by atoms with van der Waals surface area (Å²) in [6, 6.07) is 18.2. The van der Waals surface area contributed by atoms with Crippen molar-refractivity contribution in [1.29, 1.82) is 1.43 Å². The largest absolute Gasteiger partial charge is 0.394 e. The molecule has 0 bridgehead atoms. The van der Waals surface area contributed by atoms with Crippen LogP contribution in [0.4, 0.5) is 0 Å². The first-order chi connectivity index (χ1) is 21.5. The van der Waals surface area contributed by atoms with E-state index in [2.05, 4.69) is 61.6 Å². The number of aliphatic hydroxyl groups excluding tert-OH is 2. The third-order valence-electron chi connectivity index (χ3n) is 7.63. The van der Waals surface area contributed by atoms with Crippen LogP contribution in [0.15, 0.2) is 65.7 Å². The molecule has 7 rings (SSSR count). The smallest absolute Gasteiger partial charge is 0.263 e. The van der Waals surface area contributed by atoms with E-state index in [-0.39, 0.29) is 35.7 Å². The number of amides is 1. The molecule has 3 heterocycles. The predicted molar refractivity (Wildman–Crippen MR) is 160 cm³/mol. The molecule has 6 aromatic rings. The van der Waals surface area contributed by atoms with E-state index in [1.54, 1.807) is 0 Å². The second kappa shape index (κ2) is 10.9. The van der Waals surface area contributed by atoms with Gasteiger partial charge in [-0.05, 0) is 44.3 Å². The Bertz CT molecular complexity index is 2100. The van der Waals surface area contributed by atoms with E-state index in [9.17, 15) is 14.7 Å². The normalized spacial score (nSPS) is 18.9. The number of benzene rings is 4. The Labute approximate surface area is 243 Å². The van der Waals surface area contributed by atoms with E-state index < -0.39 is 24.0 Å². The van der Waals surface area contributed by atoms with E-state index in [1.807, 2.05) is 30.3 Å². The number of hydrogen-bond acceptors (Lipinski definition) is 7. The molecule has 10 heteroatoms. The van der Waals surface area contributed by atoms with Gasteiger partial charge in [0.1, 0.15) is 11.5 Å². The van der Waals surface area contributed by atoms with Crippen LogP contribution in [0.5, 0.6) is 0 Å². The maximum Gasteiger partial charge on any atom is 0.263 e. The minimum atomic E-state index is -0.854. The van der Waals surface area contributed by atoms with Crippen LogP contribution in [0.1, 0.15) is 43.9 Å². The summed E-state index contributed by atoms with van der Waals surface area (Å²) in [7, 11) is 1.25. The summed E-state index contributed by atoms with van der Waals surface area (Å²) in [5.74, 6) is 5.75. The van der Waals surface area contributed by atoms with Gasteiger partial charge in [0.05, 0.1) is 19.0 Å². The Balaban J connectivity index is 0.00000168. The van der Waals surface area contributed by atoms with Gasteiger partial charge in [-0.1, -0.05) is 61.9 Å². The Morgan fingerprint density at radius 3 is 2.81 bits per heavy atom. The maximum atomic E-state index is 13.3. The van der Waals surface area contributed by atoms with Gasteiger partial charge in [-0.15, -0.1) is 0 Å². The van der Waals surface area contributed by atoms with Crippen molar-refractivity contribution in [1.82, 2.24) is 25.1 Å². The zero-order chi connectivity index (χ0) is 30.8. The van der Waals surface area contributed by atoms with Gasteiger partial charge in [0.15, 0.2) is 17.6 Å². The van der Waals surface area contributed by atoms with Gasteiger partial charge in [0.2, 0.25) is 1.43 Å². The van der Waals surface area contributed by atoms with Crippen LogP contribution in [0.25, 0.3) is 43.4 Å². The number of fused-ring (bicyclic) bond motifs is 1. The quantitative estimate of drug-likeness (QED) is 0.137. The highest BCUT2D eigenvalue weighted by molar-refractivity contribution is 6.27. The van der Waals surface area contributed by atoms with Gasteiger partial charge in [-0.25, -0.2) is 9.67 Å². The summed E-state index contributed by atoms with van der Waals surface area (Å²) < 4.78 is 19.9. The number of aromatic nitrogens is 4. The fourth-order valence-corrected chi connectivity index (χ4v) is 5.71. The Hall–Kier alpha value is -4.82. The number of aromatic amines is 1. The molecular formula is C32H29N5O5. The van der Waals surface area contributed by atoms with Crippen molar-refractivity contribution >= 4 is 49.3 Å². The number of hydrogen-bond donors (Lipinski definition) is 4. The van der Waals surface area contributed by atoms with Gasteiger partial charge >= 0.3 is 0 Å². The van der Waals surface area contributed by atoms with Crippen LogP contribution in [0, 0.1) is 11.8 Å². The number of rotatable bonds is 6. The van der Waals surface area contributed by atoms with Crippen molar-refractivity contribution < 1.29 is 21.1 Å². The van der Waals surface area contributed by atoms with E-state index in [1.165, 1.54) is 18.4 Å². The highest BCUT2D eigenvalue weighted by Gasteiger charge is 2.36. The Kier molecular flexibility index (Phi) is 6.45. The highest BCUT2D eigenvalue weighted by atomic mass is 16.5. The Morgan fingerprint density at radius 2 is 1.98 bits per heavy atom. The molecular weight excluding hydrogens is 534 g/mol. The van der Waals surface area contributed by atoms with Crippen molar-refractivity contribution in [2.75, 3.05) is 13.2 Å². The summed E-state index contributed by atoms with van der Waals surface area (Å²) in [6.45, 7) is 0.197. The molecule has 1 unspecified atom stereocenters. The summed E-state index contributed by atoms with van der Waals surface area (Å²) in [6.07, 6.45) is -0.461. The molecule has 1 aliphatic rings. The molecule has 212 valence electrons. The van der Waals surface area contributed by atoms with Gasteiger partial charge in [-0.2, -0.15) is 5.10 Å². The van der Waals surface area contributed by atoms with Gasteiger partial charge in [0.25, 0.3) is 11.5 Å². The third kappa shape index (κ3) is 4.44. The molecule has 0 spiro atoms. The topological polar surface area (TPSA) is 142 Å². The van der Waals surface area contributed by atoms with E-state index in [0.717, 1.165) is 32.3 Å². The molecule has 42 heavy (non-hydrogen) atoms. The fraction of sp³-hybridized carbons (Fsp3) is 0.250. The number of nitrogens with zero attached hydrogens (tertiary/aromatic N) is 3. The first-order valence-electron chi connectivity index (χ1n) is 14.8. The highest BCUT2D eigenvalue weighted by Crippen LogP contribution is 2.36. The molecule has 0 aliphatic carbocycles. The third-order valence-corrected chi connectivity index (χ3v) is 7.63. The Morgan fingerprint density at radius 1 is 1.19 bits per heavy atom. The number of carbonyl (C=O) groups excluding carboxylic acids is 1. The van der Waals surface area contributed by atoms with Crippen molar-refractivity contribution in [2.45, 2.75) is 38.7 Å². The molecule has 4 N–H and O–H groups in total. The van der Waals surface area contributed by atoms with Crippen LogP contribution >= 0.6 is 0 Å². The van der Waals surface area contributed by atoms with Crippen LogP contribution in [0.3, 0.4) is 0 Å². The summed E-state index contributed by atoms with van der Waals surface area (Å²) in [5.41, 5.74) is 0.696. The first-order valence-corrected chi connectivity index (χ1v) is 13.3. The molecule has 3 atom stereocenters. The van der Waals surface area contributed by atoms with Crippen LogP contribution < -0.4 is 10.9 Å². The molecule has 1 fully saturated rings. The summed E-state index contributed by atoms with van der Waals surface area (Å²) in [5, 5.41) is 28.7. The monoisotopic (exact) mass is 566 g/mol. The molecule has 1 saturated heterocycles. The zero-order valence-corrected chi connectivity index (χ0v) is 22.8. The van der Waals surface area contributed by atoms with Gasteiger partial charge in [-0.3, -0.25) is 9.59 Å². The second-order valence-electron chi connectivity index (χ2n) is 10.1. The lowest BCUT2D eigenvalue weighted by Crippen LogP contribution is -2.24. The molecule has 4 aromatic carbocycles. The molecule has 2 aromatic heterocycles. The van der Waals surface area contributed by atoms with Crippen molar-refractivity contribution in [2.24, 2.45) is 0 Å². The molecule has 10 nitrogen and oxygen atoms in total. The predicted octanol–water partition coefficient (Wildman–Crippen LogP) is 3.47. The lowest BCUT2D eigenvalue weighted by atomic mass is 9.91. The second-order valence-corrected chi connectivity index (χ2v) is 10.1. The minimum absolute atomic E-state index is 0.0997. The number of aliphatic hydroxyl groups is 2. The van der Waals surface area contributed by atoms with Gasteiger partial charge in [0, 0.05) is 26.3 Å². The average Bonchev–Trinajstić information content (AvgIpc) is 3.61. The molecule has 0 radical (unpaired) electrons. The minimum Gasteiger partial charge on any atom is -0.394 e. The SMILES string of the molecule is [2H]OC[C@H]1O[C@@H](n2nc(C#CCCNC(=O)c3cc4cccc5ccc6cccc3c6c54)c3c(=O)[nH]cnc32)CC1O.[3H]C. The lowest BCUT2D eigenvalue weighted by Gasteiger charge is -2.14. The zero-order valence-electron chi connectivity index (χ0n) is 24.8. The summed E-state index contributed by atoms with van der Waals surface area (Å²) >= 11 is 0. The molecule has 1 amide bonds. The number of H-pyrrole nitrogens is 1. The lowest BCUT2D eigenvalue weighted by molar-refractivity contribution is -0.0470. The van der Waals surface area contributed by atoms with E-state index >= 15 is 0 Å². The number of nitrogens with one attached hydrogen (secondary N) is 2. The first kappa shape index (κ1) is 24.9.